The number of carboxylic acid groups (broad SMARTS) is 1. The Morgan fingerprint density at radius 1 is 1.00 bits per heavy atom. The third kappa shape index (κ3) is 5.45. The molecular weight excluding hydrogens is 306 g/mol. The molecule has 1 aliphatic carbocycles. The van der Waals surface area contributed by atoms with Gasteiger partial charge in [-0.25, -0.2) is 0 Å². The molecule has 1 heterocycles. The molecule has 0 aromatic carbocycles. The summed E-state index contributed by atoms with van der Waals surface area (Å²) < 4.78 is 0. The van der Waals surface area contributed by atoms with Gasteiger partial charge in [0.25, 0.3) is 0 Å². The number of aliphatic carboxylic acids is 1. The smallest absolute Gasteiger partial charge is 0.317 e. The Bertz CT molecular complexity index is 427. The van der Waals surface area contributed by atoms with Crippen molar-refractivity contribution in [3.05, 3.63) is 0 Å². The van der Waals surface area contributed by atoms with Gasteiger partial charge in [-0.2, -0.15) is 0 Å². The Labute approximate surface area is 145 Å². The largest absolute Gasteiger partial charge is 0.480 e. The van der Waals surface area contributed by atoms with Crippen LogP contribution >= 0.6 is 0 Å². The average molecular weight is 339 g/mol. The molecule has 2 fully saturated rings. The number of amides is 1. The molecule has 2 rings (SSSR count). The van der Waals surface area contributed by atoms with Crippen LogP contribution in [0.4, 0.5) is 0 Å². The van der Waals surface area contributed by atoms with E-state index in [9.17, 15) is 9.59 Å². The minimum Gasteiger partial charge on any atom is -0.480 e. The third-order valence-corrected chi connectivity index (χ3v) is 5.85. The summed E-state index contributed by atoms with van der Waals surface area (Å²) in [5.41, 5.74) is 0. The van der Waals surface area contributed by atoms with Crippen LogP contribution in [-0.2, 0) is 9.59 Å². The van der Waals surface area contributed by atoms with Gasteiger partial charge in [0.15, 0.2) is 0 Å². The maximum atomic E-state index is 12.5. The summed E-state index contributed by atoms with van der Waals surface area (Å²) in [6, 6.07) is 0.720. The fraction of sp³-hybridized carbons (Fsp3) is 0.889. The third-order valence-electron chi connectivity index (χ3n) is 5.85. The summed E-state index contributed by atoms with van der Waals surface area (Å²) in [5, 5.41) is 8.88. The molecule has 0 aromatic heterocycles. The lowest BCUT2D eigenvalue weighted by molar-refractivity contribution is -0.138. The van der Waals surface area contributed by atoms with Gasteiger partial charge in [-0.05, 0) is 51.5 Å². The maximum Gasteiger partial charge on any atom is 0.317 e. The molecule has 0 atom stereocenters. The molecule has 6 heteroatoms. The lowest BCUT2D eigenvalue weighted by Gasteiger charge is -2.38. The molecule has 1 saturated heterocycles. The predicted molar refractivity (Wildman–Crippen MR) is 93.9 cm³/mol. The molecular formula is C18H33N3O3. The Kier molecular flexibility index (Phi) is 7.04. The fourth-order valence-corrected chi connectivity index (χ4v) is 4.00. The molecule has 0 radical (unpaired) electrons. The zero-order valence-corrected chi connectivity index (χ0v) is 15.4. The van der Waals surface area contributed by atoms with E-state index in [-0.39, 0.29) is 12.5 Å². The van der Waals surface area contributed by atoms with Gasteiger partial charge in [0.1, 0.15) is 0 Å². The van der Waals surface area contributed by atoms with Crippen molar-refractivity contribution in [3.8, 4) is 0 Å². The van der Waals surface area contributed by atoms with Crippen molar-refractivity contribution in [3.63, 3.8) is 0 Å². The maximum absolute atomic E-state index is 12.5. The summed E-state index contributed by atoms with van der Waals surface area (Å²) in [6.45, 7) is 4.62. The zero-order chi connectivity index (χ0) is 17.7. The first-order valence-electron chi connectivity index (χ1n) is 9.27. The van der Waals surface area contributed by atoms with Crippen LogP contribution < -0.4 is 0 Å². The standard InChI is InChI=1S/C18H33N3O3/c1-14-4-6-16(7-5-14)20(3)17(22)12-21-10-8-15(9-11-21)19(2)13-18(23)24/h14-16H,4-13H2,1-3H3,(H,23,24). The van der Waals surface area contributed by atoms with E-state index in [0.717, 1.165) is 44.7 Å². The first-order valence-corrected chi connectivity index (χ1v) is 9.27. The van der Waals surface area contributed by atoms with Gasteiger partial charge in [-0.15, -0.1) is 0 Å². The molecule has 0 unspecified atom stereocenters. The minimum atomic E-state index is -0.779. The molecule has 138 valence electrons. The lowest BCUT2D eigenvalue weighted by Crippen LogP contribution is -2.49. The Morgan fingerprint density at radius 2 is 1.58 bits per heavy atom. The highest BCUT2D eigenvalue weighted by atomic mass is 16.4. The van der Waals surface area contributed by atoms with E-state index >= 15 is 0 Å². The molecule has 24 heavy (non-hydrogen) atoms. The number of hydrogen-bond acceptors (Lipinski definition) is 4. The van der Waals surface area contributed by atoms with Crippen LogP contribution in [0.1, 0.15) is 45.4 Å². The van der Waals surface area contributed by atoms with Gasteiger partial charge in [0.2, 0.25) is 5.91 Å². The molecule has 1 N–H and O–H groups in total. The summed E-state index contributed by atoms with van der Waals surface area (Å²) >= 11 is 0. The first-order chi connectivity index (χ1) is 11.4. The molecule has 1 aliphatic heterocycles. The lowest BCUT2D eigenvalue weighted by atomic mass is 9.87. The summed E-state index contributed by atoms with van der Waals surface area (Å²) in [6.07, 6.45) is 6.58. The number of hydrogen-bond donors (Lipinski definition) is 1. The number of carbonyl (C=O) groups excluding carboxylic acids is 1. The molecule has 6 nitrogen and oxygen atoms in total. The second-order valence-electron chi connectivity index (χ2n) is 7.73. The highest BCUT2D eigenvalue weighted by Crippen LogP contribution is 2.26. The normalized spacial score (nSPS) is 26.5. The van der Waals surface area contributed by atoms with E-state index in [4.69, 9.17) is 5.11 Å². The Morgan fingerprint density at radius 3 is 2.12 bits per heavy atom. The Balaban J connectivity index is 1.72. The van der Waals surface area contributed by atoms with Crippen molar-refractivity contribution in [1.29, 1.82) is 0 Å². The second kappa shape index (κ2) is 8.81. The number of carboxylic acids is 1. The van der Waals surface area contributed by atoms with E-state index in [1.54, 1.807) is 0 Å². The van der Waals surface area contributed by atoms with E-state index in [1.165, 1.54) is 12.8 Å². The quantitative estimate of drug-likeness (QED) is 0.795. The van der Waals surface area contributed by atoms with Crippen LogP contribution in [0.5, 0.6) is 0 Å². The van der Waals surface area contributed by atoms with Crippen LogP contribution in [0.15, 0.2) is 0 Å². The van der Waals surface area contributed by atoms with Crippen molar-refractivity contribution in [2.75, 3.05) is 40.3 Å². The van der Waals surface area contributed by atoms with Crippen molar-refractivity contribution >= 4 is 11.9 Å². The van der Waals surface area contributed by atoms with E-state index in [2.05, 4.69) is 11.8 Å². The average Bonchev–Trinajstić information content (AvgIpc) is 2.55. The zero-order valence-electron chi connectivity index (χ0n) is 15.4. The second-order valence-corrected chi connectivity index (χ2v) is 7.73. The Hall–Kier alpha value is -1.14. The number of rotatable bonds is 6. The van der Waals surface area contributed by atoms with Gasteiger partial charge in [0.05, 0.1) is 13.1 Å². The first kappa shape index (κ1) is 19.2. The van der Waals surface area contributed by atoms with E-state index in [1.807, 2.05) is 23.9 Å². The fourth-order valence-electron chi connectivity index (χ4n) is 4.00. The number of piperidine rings is 1. The van der Waals surface area contributed by atoms with Crippen LogP contribution in [0.3, 0.4) is 0 Å². The molecule has 1 amide bonds. The van der Waals surface area contributed by atoms with Gasteiger partial charge in [0, 0.05) is 32.2 Å². The molecule has 2 aliphatic rings. The van der Waals surface area contributed by atoms with Crippen LogP contribution in [0, 0.1) is 5.92 Å². The van der Waals surface area contributed by atoms with Gasteiger partial charge < -0.3 is 10.0 Å². The number of likely N-dealkylation sites (N-methyl/N-ethyl adjacent to an activating group) is 2. The van der Waals surface area contributed by atoms with Crippen LogP contribution in [-0.4, -0.2) is 84.0 Å². The van der Waals surface area contributed by atoms with Crippen LogP contribution in [0.2, 0.25) is 0 Å². The van der Waals surface area contributed by atoms with Gasteiger partial charge in [-0.1, -0.05) is 6.92 Å². The number of likely N-dealkylation sites (tertiary alicyclic amines) is 1. The van der Waals surface area contributed by atoms with Gasteiger partial charge >= 0.3 is 5.97 Å². The highest BCUT2D eigenvalue weighted by Gasteiger charge is 2.28. The van der Waals surface area contributed by atoms with E-state index in [0.29, 0.717) is 18.6 Å². The SMILES string of the molecule is CC1CCC(N(C)C(=O)CN2CCC(N(C)CC(=O)O)CC2)CC1. The van der Waals surface area contributed by atoms with E-state index < -0.39 is 5.97 Å². The number of nitrogens with zero attached hydrogens (tertiary/aromatic N) is 3. The molecule has 0 aromatic rings. The molecule has 0 spiro atoms. The van der Waals surface area contributed by atoms with Crippen molar-refractivity contribution in [2.24, 2.45) is 5.92 Å². The van der Waals surface area contributed by atoms with Crippen molar-refractivity contribution in [1.82, 2.24) is 14.7 Å². The monoisotopic (exact) mass is 339 g/mol. The van der Waals surface area contributed by atoms with Gasteiger partial charge in [-0.3, -0.25) is 19.4 Å². The molecule has 0 bridgehead atoms. The summed E-state index contributed by atoms with van der Waals surface area (Å²) in [7, 11) is 3.83. The topological polar surface area (TPSA) is 64.1 Å². The van der Waals surface area contributed by atoms with Crippen molar-refractivity contribution < 1.29 is 14.7 Å². The summed E-state index contributed by atoms with van der Waals surface area (Å²) in [4.78, 5) is 29.5. The number of carbonyl (C=O) groups is 2. The predicted octanol–water partition coefficient (Wildman–Crippen LogP) is 1.50. The minimum absolute atomic E-state index is 0.0897. The molecule has 1 saturated carbocycles. The van der Waals surface area contributed by atoms with Crippen LogP contribution in [0.25, 0.3) is 0 Å². The highest BCUT2D eigenvalue weighted by molar-refractivity contribution is 5.78. The van der Waals surface area contributed by atoms with Crippen molar-refractivity contribution in [2.45, 2.75) is 57.5 Å². The summed E-state index contributed by atoms with van der Waals surface area (Å²) in [5.74, 6) is 0.247.